The number of rotatable bonds is 5. The molecule has 3 nitrogen and oxygen atoms in total. The molecule has 2 rings (SSSR count). The minimum atomic E-state index is -0.904. The average molecular weight is 269 g/mol. The summed E-state index contributed by atoms with van der Waals surface area (Å²) in [5, 5.41) is 9.04. The molecule has 3 heteroatoms. The Kier molecular flexibility index (Phi) is 4.41. The van der Waals surface area contributed by atoms with Gasteiger partial charge in [-0.1, -0.05) is 31.5 Å². The van der Waals surface area contributed by atoms with Gasteiger partial charge in [-0.05, 0) is 42.3 Å². The van der Waals surface area contributed by atoms with Crippen molar-refractivity contribution in [2.24, 2.45) is 0 Å². The Morgan fingerprint density at radius 3 is 2.40 bits per heavy atom. The number of carbonyl (C=O) groups is 1. The van der Waals surface area contributed by atoms with Crippen molar-refractivity contribution in [2.45, 2.75) is 19.8 Å². The van der Waals surface area contributed by atoms with E-state index in [-0.39, 0.29) is 0 Å². The fraction of sp³-hybridized carbons (Fsp3) is 0.235. The Hall–Kier alpha value is -2.29. The third-order valence-corrected chi connectivity index (χ3v) is 3.34. The van der Waals surface area contributed by atoms with Crippen LogP contribution in [0, 0.1) is 0 Å². The van der Waals surface area contributed by atoms with Gasteiger partial charge < -0.3 is 10.0 Å². The Morgan fingerprint density at radius 2 is 1.80 bits per heavy atom. The van der Waals surface area contributed by atoms with E-state index < -0.39 is 5.97 Å². The lowest BCUT2D eigenvalue weighted by Crippen LogP contribution is -2.10. The van der Waals surface area contributed by atoms with E-state index in [0.29, 0.717) is 5.56 Å². The van der Waals surface area contributed by atoms with Crippen molar-refractivity contribution in [3.63, 3.8) is 0 Å². The minimum Gasteiger partial charge on any atom is -0.478 e. The van der Waals surface area contributed by atoms with Crippen LogP contribution in [0.3, 0.4) is 0 Å². The SMILES string of the molecule is CCCc1ccc(N(C)c2cccc(C(=O)O)c2)cc1. The molecule has 0 fully saturated rings. The topological polar surface area (TPSA) is 40.5 Å². The molecule has 104 valence electrons. The summed E-state index contributed by atoms with van der Waals surface area (Å²) < 4.78 is 0. The van der Waals surface area contributed by atoms with E-state index in [0.717, 1.165) is 24.2 Å². The van der Waals surface area contributed by atoms with E-state index in [4.69, 9.17) is 5.11 Å². The molecule has 0 heterocycles. The predicted octanol–water partition coefficient (Wildman–Crippen LogP) is 4.11. The van der Waals surface area contributed by atoms with Crippen LogP contribution in [0.15, 0.2) is 48.5 Å². The number of aromatic carboxylic acids is 1. The smallest absolute Gasteiger partial charge is 0.335 e. The van der Waals surface area contributed by atoms with E-state index in [9.17, 15) is 4.79 Å². The molecule has 0 saturated heterocycles. The number of hydrogen-bond acceptors (Lipinski definition) is 2. The van der Waals surface area contributed by atoms with Crippen LogP contribution in [0.2, 0.25) is 0 Å². The fourth-order valence-electron chi connectivity index (χ4n) is 2.17. The van der Waals surface area contributed by atoms with E-state index >= 15 is 0 Å². The number of carboxylic acids is 1. The molecule has 0 unspecified atom stereocenters. The van der Waals surface area contributed by atoms with Crippen molar-refractivity contribution in [3.05, 3.63) is 59.7 Å². The molecule has 0 aliphatic heterocycles. The summed E-state index contributed by atoms with van der Waals surface area (Å²) in [7, 11) is 1.94. The predicted molar refractivity (Wildman–Crippen MR) is 81.9 cm³/mol. The number of aryl methyl sites for hydroxylation is 1. The first-order valence-electron chi connectivity index (χ1n) is 6.78. The highest BCUT2D eigenvalue weighted by molar-refractivity contribution is 5.89. The molecule has 0 aliphatic carbocycles. The maximum absolute atomic E-state index is 11.0. The minimum absolute atomic E-state index is 0.303. The molecule has 0 saturated carbocycles. The lowest BCUT2D eigenvalue weighted by atomic mass is 10.1. The van der Waals surface area contributed by atoms with Crippen LogP contribution in [0.1, 0.15) is 29.3 Å². The van der Waals surface area contributed by atoms with Crippen molar-refractivity contribution in [1.82, 2.24) is 0 Å². The Bertz CT molecular complexity index is 590. The zero-order valence-corrected chi connectivity index (χ0v) is 11.8. The van der Waals surface area contributed by atoms with Gasteiger partial charge in [0.15, 0.2) is 0 Å². The van der Waals surface area contributed by atoms with E-state index in [1.165, 1.54) is 5.56 Å². The summed E-state index contributed by atoms with van der Waals surface area (Å²) in [5.74, 6) is -0.904. The summed E-state index contributed by atoms with van der Waals surface area (Å²) in [4.78, 5) is 13.0. The first-order valence-corrected chi connectivity index (χ1v) is 6.78. The van der Waals surface area contributed by atoms with Crippen LogP contribution in [0.25, 0.3) is 0 Å². The van der Waals surface area contributed by atoms with Gasteiger partial charge in [0.1, 0.15) is 0 Å². The van der Waals surface area contributed by atoms with Gasteiger partial charge in [0, 0.05) is 18.4 Å². The second-order valence-corrected chi connectivity index (χ2v) is 4.83. The Balaban J connectivity index is 2.24. The van der Waals surface area contributed by atoms with Gasteiger partial charge in [-0.25, -0.2) is 4.79 Å². The van der Waals surface area contributed by atoms with Crippen LogP contribution < -0.4 is 4.90 Å². The molecule has 0 aromatic heterocycles. The lowest BCUT2D eigenvalue weighted by Gasteiger charge is -2.20. The molecule has 0 atom stereocenters. The molecule has 0 radical (unpaired) electrons. The molecule has 1 N–H and O–H groups in total. The lowest BCUT2D eigenvalue weighted by molar-refractivity contribution is 0.0697. The average Bonchev–Trinajstić information content (AvgIpc) is 2.48. The molecule has 2 aromatic carbocycles. The molecule has 20 heavy (non-hydrogen) atoms. The quantitative estimate of drug-likeness (QED) is 0.888. The van der Waals surface area contributed by atoms with Crippen LogP contribution in [0.5, 0.6) is 0 Å². The van der Waals surface area contributed by atoms with Gasteiger partial charge >= 0.3 is 5.97 Å². The first-order chi connectivity index (χ1) is 9.61. The second kappa shape index (κ2) is 6.24. The summed E-state index contributed by atoms with van der Waals surface area (Å²) in [6.07, 6.45) is 2.22. The van der Waals surface area contributed by atoms with Gasteiger partial charge in [-0.2, -0.15) is 0 Å². The normalized spacial score (nSPS) is 10.3. The molecule has 0 bridgehead atoms. The molecule has 2 aromatic rings. The number of nitrogens with zero attached hydrogens (tertiary/aromatic N) is 1. The maximum atomic E-state index is 11.0. The van der Waals surface area contributed by atoms with Gasteiger partial charge in [0.05, 0.1) is 5.56 Å². The number of carboxylic acid groups (broad SMARTS) is 1. The summed E-state index contributed by atoms with van der Waals surface area (Å²) >= 11 is 0. The number of benzene rings is 2. The summed E-state index contributed by atoms with van der Waals surface area (Å²) in [6, 6.07) is 15.3. The van der Waals surface area contributed by atoms with Crippen molar-refractivity contribution >= 4 is 17.3 Å². The van der Waals surface area contributed by atoms with Gasteiger partial charge in [0.25, 0.3) is 0 Å². The monoisotopic (exact) mass is 269 g/mol. The Morgan fingerprint density at radius 1 is 1.10 bits per heavy atom. The van der Waals surface area contributed by atoms with Gasteiger partial charge in [-0.15, -0.1) is 0 Å². The summed E-state index contributed by atoms with van der Waals surface area (Å²) in [5.41, 5.74) is 3.54. The molecular weight excluding hydrogens is 250 g/mol. The largest absolute Gasteiger partial charge is 0.478 e. The van der Waals surface area contributed by atoms with Crippen LogP contribution in [-0.2, 0) is 6.42 Å². The highest BCUT2D eigenvalue weighted by atomic mass is 16.4. The summed E-state index contributed by atoms with van der Waals surface area (Å²) in [6.45, 7) is 2.16. The second-order valence-electron chi connectivity index (χ2n) is 4.83. The van der Waals surface area contributed by atoms with E-state index in [1.54, 1.807) is 18.2 Å². The van der Waals surface area contributed by atoms with Gasteiger partial charge in [-0.3, -0.25) is 0 Å². The van der Waals surface area contributed by atoms with Gasteiger partial charge in [0.2, 0.25) is 0 Å². The third kappa shape index (κ3) is 3.18. The van der Waals surface area contributed by atoms with E-state index in [1.807, 2.05) is 18.0 Å². The third-order valence-electron chi connectivity index (χ3n) is 3.34. The fourth-order valence-corrected chi connectivity index (χ4v) is 2.17. The van der Waals surface area contributed by atoms with Crippen LogP contribution >= 0.6 is 0 Å². The highest BCUT2D eigenvalue weighted by Gasteiger charge is 2.08. The highest BCUT2D eigenvalue weighted by Crippen LogP contribution is 2.24. The molecular formula is C17H19NO2. The standard InChI is InChI=1S/C17H19NO2/c1-3-5-13-8-10-15(11-9-13)18(2)16-7-4-6-14(12-16)17(19)20/h4,6-12H,3,5H2,1-2H3,(H,19,20). The number of hydrogen-bond donors (Lipinski definition) is 1. The van der Waals surface area contributed by atoms with Crippen molar-refractivity contribution in [1.29, 1.82) is 0 Å². The zero-order chi connectivity index (χ0) is 14.5. The molecule has 0 amide bonds. The zero-order valence-electron chi connectivity index (χ0n) is 11.8. The Labute approximate surface area is 119 Å². The van der Waals surface area contributed by atoms with Crippen LogP contribution in [-0.4, -0.2) is 18.1 Å². The van der Waals surface area contributed by atoms with E-state index in [2.05, 4.69) is 31.2 Å². The maximum Gasteiger partial charge on any atom is 0.335 e. The van der Waals surface area contributed by atoms with Crippen molar-refractivity contribution in [3.8, 4) is 0 Å². The molecule has 0 spiro atoms. The first kappa shape index (κ1) is 14.1. The van der Waals surface area contributed by atoms with Crippen molar-refractivity contribution < 1.29 is 9.90 Å². The van der Waals surface area contributed by atoms with Crippen LogP contribution in [0.4, 0.5) is 11.4 Å². The molecule has 0 aliphatic rings. The number of anilines is 2. The van der Waals surface area contributed by atoms with Crippen molar-refractivity contribution in [2.75, 3.05) is 11.9 Å².